The Labute approximate surface area is 893 Å². The smallest absolute Gasteiger partial charge is 0.396 e. The van der Waals surface area contributed by atoms with Gasteiger partial charge >= 0.3 is 22.9 Å². The van der Waals surface area contributed by atoms with Gasteiger partial charge in [-0.3, -0.25) is 86.3 Å². The Bertz CT molecular complexity index is 6070. The van der Waals surface area contributed by atoms with E-state index in [1.54, 1.807) is 0 Å². The third-order valence-corrected chi connectivity index (χ3v) is 55.1. The molecule has 0 amide bonds. The Morgan fingerprint density at radius 3 is 1.21 bits per heavy atom. The van der Waals surface area contributed by atoms with Gasteiger partial charge in [0, 0.05) is 112 Å². The largest absolute Gasteiger partial charge is 0.424 e. The van der Waals surface area contributed by atoms with Gasteiger partial charge in [-0.05, 0) is 345 Å². The van der Waals surface area contributed by atoms with Crippen LogP contribution in [0.25, 0.3) is 19.4 Å². The molecule has 814 valence electrons. The number of aliphatic hydroxyl groups excluding tert-OH is 1. The average Bonchev–Trinajstić information content (AvgIpc) is 1.66. The van der Waals surface area contributed by atoms with E-state index in [-0.39, 0.29) is 222 Å². The van der Waals surface area contributed by atoms with E-state index in [0.717, 1.165) is 185 Å². The van der Waals surface area contributed by atoms with Crippen molar-refractivity contribution < 1.29 is 72.0 Å². The van der Waals surface area contributed by atoms with Crippen LogP contribution in [0.15, 0.2) is 23.3 Å². The van der Waals surface area contributed by atoms with Gasteiger partial charge < -0.3 is 5.11 Å². The average molecular weight is 2040 g/mol. The molecule has 0 aromatic rings. The summed E-state index contributed by atoms with van der Waals surface area (Å²) in [4.78, 5) is 153. The number of rotatable bonds is 8. The first-order valence-electron chi connectivity index (χ1n) is 59.5. The van der Waals surface area contributed by atoms with Crippen LogP contribution in [0.2, 0.25) is 0 Å². The van der Waals surface area contributed by atoms with Crippen LogP contribution >= 0.6 is 0 Å². The summed E-state index contributed by atoms with van der Waals surface area (Å²) >= 11 is 0. The van der Waals surface area contributed by atoms with E-state index < -0.39 is 68.3 Å². The highest BCUT2D eigenvalue weighted by Gasteiger charge is 2.93. The van der Waals surface area contributed by atoms with Gasteiger partial charge in [-0.2, -0.15) is 0 Å². The van der Waals surface area contributed by atoms with Crippen molar-refractivity contribution >= 4 is 57.8 Å². The Hall–Kier alpha value is -6.06. The van der Waals surface area contributed by atoms with Crippen LogP contribution in [0.1, 0.15) is 432 Å². The summed E-state index contributed by atoms with van der Waals surface area (Å²) in [5.41, 5.74) is -7.37. The molecule has 149 heavy (non-hydrogen) atoms. The summed E-state index contributed by atoms with van der Waals surface area (Å²) in [7, 11) is 0. The second-order valence-electron chi connectivity index (χ2n) is 63.9. The molecule has 4 saturated heterocycles. The zero-order valence-electron chi connectivity index (χ0n) is 97.0. The van der Waals surface area contributed by atoms with E-state index in [0.29, 0.717) is 66.6 Å². The van der Waals surface area contributed by atoms with Crippen molar-refractivity contribution in [2.24, 2.45) is 213 Å². The van der Waals surface area contributed by atoms with Crippen LogP contribution in [0, 0.1) is 240 Å². The van der Waals surface area contributed by atoms with Crippen molar-refractivity contribution in [2.45, 2.75) is 480 Å². The predicted octanol–water partition coefficient (Wildman–Crippen LogP) is 27.0. The van der Waals surface area contributed by atoms with E-state index in [4.69, 9.17) is 45.2 Å². The molecular formula is C130H184N4O15. The van der Waals surface area contributed by atoms with Gasteiger partial charge in [-0.25, -0.2) is 26.3 Å². The molecule has 0 unspecified atom stereocenters. The number of hydrogen-bond acceptors (Lipinski definition) is 15. The zero-order valence-corrected chi connectivity index (χ0v) is 97.0. The zero-order chi connectivity index (χ0) is 109. The maximum atomic E-state index is 14.6. The van der Waals surface area contributed by atoms with Crippen molar-refractivity contribution in [2.75, 3.05) is 6.61 Å². The first-order chi connectivity index (χ1) is 68.8. The highest BCUT2D eigenvalue weighted by Crippen LogP contribution is 2.86. The molecular weight excluding hydrogens is 1860 g/mol. The lowest BCUT2D eigenvalue weighted by Crippen LogP contribution is -2.71. The molecule has 24 aliphatic rings. The van der Waals surface area contributed by atoms with Crippen LogP contribution in [0.4, 0.5) is 0 Å². The van der Waals surface area contributed by atoms with E-state index >= 15 is 0 Å². The number of hydrogen-bond donors (Lipinski definition) is 1. The summed E-state index contributed by atoms with van der Waals surface area (Å²) in [6.45, 7) is 99.4. The first-order valence-corrected chi connectivity index (χ1v) is 59.5. The van der Waals surface area contributed by atoms with E-state index in [2.05, 4.69) is 172 Å². The summed E-state index contributed by atoms with van der Waals surface area (Å²) < 4.78 is 24.5. The molecule has 19 heteroatoms. The molecule has 0 radical (unpaired) electrons. The number of epoxide rings is 4. The summed E-state index contributed by atoms with van der Waals surface area (Å²) in [6, 6.07) is 0. The molecule has 19 nitrogen and oxygen atoms in total. The van der Waals surface area contributed by atoms with Crippen LogP contribution in [0.3, 0.4) is 0 Å². The Morgan fingerprint density at radius 2 is 0.725 bits per heavy atom. The fourth-order valence-electron chi connectivity index (χ4n) is 45.4. The normalized spacial score (nSPS) is 53.8. The number of carbonyl (C=O) groups excluding carboxylic acids is 10. The molecule has 22 fully saturated rings. The third kappa shape index (κ3) is 13.3. The second-order valence-corrected chi connectivity index (χ2v) is 63.9. The second kappa shape index (κ2) is 32.4. The van der Waals surface area contributed by atoms with E-state index in [1.807, 2.05) is 67.5 Å². The Kier molecular flexibility index (Phi) is 23.6. The number of allylic oxidation sites excluding steroid dienone is 2. The van der Waals surface area contributed by atoms with Crippen LogP contribution in [-0.2, 0) is 66.9 Å². The van der Waals surface area contributed by atoms with Crippen molar-refractivity contribution in [3.63, 3.8) is 0 Å². The molecule has 0 spiro atoms. The predicted molar refractivity (Wildman–Crippen MR) is 570 cm³/mol. The Balaban J connectivity index is 0.000000116. The summed E-state index contributed by atoms with van der Waals surface area (Å²) in [5.74, 6) is 3.03. The summed E-state index contributed by atoms with van der Waals surface area (Å²) in [6.07, 6.45) is 35.7. The Morgan fingerprint density at radius 1 is 0.362 bits per heavy atom. The number of nitrogens with zero attached hydrogens (tertiary/aromatic N) is 4. The van der Waals surface area contributed by atoms with Gasteiger partial charge in [0.15, 0.2) is 36.0 Å². The highest BCUT2D eigenvalue weighted by atomic mass is 16.6. The maximum absolute atomic E-state index is 14.6. The highest BCUT2D eigenvalue weighted by molar-refractivity contribution is 6.03. The van der Waals surface area contributed by atoms with E-state index in [9.17, 15) is 53.1 Å². The molecule has 0 aromatic carbocycles. The number of aliphatic hydroxyl groups is 1. The molecule has 24 rings (SSSR count). The van der Waals surface area contributed by atoms with Crippen molar-refractivity contribution in [3.8, 4) is 0 Å². The number of carbonyl (C=O) groups is 10. The van der Waals surface area contributed by atoms with Crippen LogP contribution < -0.4 is 0 Å². The maximum Gasteiger partial charge on any atom is 0.424 e. The van der Waals surface area contributed by atoms with Crippen molar-refractivity contribution in [3.05, 3.63) is 69.0 Å². The number of ether oxygens (including phenoxy) is 4. The molecule has 0 bridgehead atoms. The molecule has 18 saturated carbocycles. The minimum atomic E-state index is -1.39. The van der Waals surface area contributed by atoms with Crippen LogP contribution in [0.5, 0.6) is 0 Å². The minimum absolute atomic E-state index is 0.00985. The van der Waals surface area contributed by atoms with Crippen molar-refractivity contribution in [1.82, 2.24) is 0 Å². The van der Waals surface area contributed by atoms with Gasteiger partial charge in [0.1, 0.15) is 23.1 Å². The monoisotopic (exact) mass is 2040 g/mol. The lowest BCUT2D eigenvalue weighted by molar-refractivity contribution is -0.237. The molecule has 0 aromatic heterocycles. The minimum Gasteiger partial charge on any atom is -0.396 e. The molecule has 20 aliphatic carbocycles. The number of Topliss-reactive ketones (excluding diaryl/α,β-unsaturated/α-hetero) is 8. The lowest BCUT2D eigenvalue weighted by Gasteiger charge is -2.72. The lowest BCUT2D eigenvalue weighted by atomic mass is 9.31. The summed E-state index contributed by atoms with van der Waals surface area (Å²) in [5, 5.41) is 10.7. The number of fused-ring (bicyclic) bond motifs is 36. The first kappa shape index (κ1) is 108. The van der Waals surface area contributed by atoms with Crippen molar-refractivity contribution in [1.29, 1.82) is 0 Å². The standard InChI is InChI=1S/C35H49NO4.C33H45NO4.C31H45NO4.C31H45NO3/c1-10-21(37)11-14-34-17-15-29(2,3)20-22(34)26-23(38)19-25-31(6,32(26,7)16-18-34)13-12-24-30(4,5)27(39)35(36-9)28(40-35)33(24,25)8;1-9-10-24(36)32-15-13-28(3,4)18-21(32)25-22(35)17-23-29(5,30(25,6)14-16-32)12-11-20-19(2)26(37)33(34-8)27(38-33)31(20,23)7;1-25(2)11-13-30(17-33)14-12-28(6)22(18(30)16-25)19(34)15-21-27(28,5)10-9-20-26(3,4)23(35)31(32-8)24(36-31)29(20,21)7;1-25(2)12-13-27(5)14-15-29(7)22(18(27)17-25)19(33)16-21-28(29,6)11-10-20-26(3,4)23(34)31(32-9)24(35-31)30(20,21)8/h19,22,24,26,28H,10-18,20H2,1-8H3;17,19-21,25,27H,9-16,18H2,1-7H3;18,20-22,24,33H,9-17H2,1-7H3;18,20-22,24H,10-17H2,1-8H3/t22-,24-,26-,28+,31+,32+,33-,34+,35-;19-,20-,21-,25-,27+,29+,30+,31-,32-,33-;18-,20-,21-,22-,24+,27+,28+,29-,30+,31-;18-,20-,21-,22-,24+,27+,28+,29+,30-,31-/m0000/s1. The van der Waals surface area contributed by atoms with Gasteiger partial charge in [0.25, 0.3) is 23.1 Å². The third-order valence-electron chi connectivity index (χ3n) is 55.1. The van der Waals surface area contributed by atoms with Gasteiger partial charge in [-0.1, -0.05) is 219 Å². The van der Waals surface area contributed by atoms with Crippen LogP contribution in [-0.4, -0.2) is 117 Å². The van der Waals surface area contributed by atoms with Gasteiger partial charge in [0.05, 0.1) is 0 Å². The van der Waals surface area contributed by atoms with E-state index in [1.165, 1.54) is 19.3 Å². The fourth-order valence-corrected chi connectivity index (χ4v) is 45.4. The molecule has 4 heterocycles. The fraction of sp³-hybridized carbons (Fsp3) is 0.862. The quantitative estimate of drug-likeness (QED) is 0.175. The topological polar surface area (TPSA) is 258 Å². The number of ketones is 10. The molecule has 1 N–H and O–H groups in total. The van der Waals surface area contributed by atoms with Gasteiger partial charge in [0.2, 0.25) is 0 Å². The molecule has 4 aliphatic heterocycles. The molecule has 39 atom stereocenters. The van der Waals surface area contributed by atoms with Gasteiger partial charge in [-0.15, -0.1) is 0 Å². The SMILES string of the molecule is [C-]#[N+][C@@]12O[C@@H]1[C@]1(C)C3=CC(=O)[C@@H]4[C@@H]5CC(C)(C)CC[C@]5(C(=O)CCC)CC[C@@]4(C)[C@]3(C)CC[C@H]1[C@H](C)C2=O.[C-]#[N+][C@@]12O[C@@H]1[C@]1(C)C3=CC(=O)[C@@H]4[C@@H]5CC(C)(C)CC[C@]5(CCC(=O)CC)CC[C@@]4(C)[C@]3(C)CC[C@H]1C(C)(C)C2=O.[C-]#[N+][C@@]12O[C@@H]1[C@]1(C)[C@H]3CC(=O)[C@@H]4[C@@H]5CC(C)(C)CC[C@]5(C)CC[C@@]4(C)[C@]3(C)CC[C@H]1C(C)(C)C2=O.[C-]#[N+][C@@]12O[C@@H]1[C@]1(C)[C@H]3CC(=O)[C@@H]4[C@@H]5CC(C)(C)CC[C@]5(CO)CC[C@@]4(C)[C@]3(C)CC[C@H]1C(C)(C)C2=O.